The van der Waals surface area contributed by atoms with Gasteiger partial charge >= 0.3 is 5.97 Å². The number of rotatable bonds is 3. The van der Waals surface area contributed by atoms with E-state index in [1.165, 1.54) is 12.0 Å². The summed E-state index contributed by atoms with van der Waals surface area (Å²) in [5.74, 6) is -0.925. The van der Waals surface area contributed by atoms with E-state index in [0.29, 0.717) is 12.3 Å². The molecule has 1 amide bonds. The average Bonchev–Trinajstić information content (AvgIpc) is 2.72. The fraction of sp³-hybridized carbons (Fsp3) is 0.429. The van der Waals surface area contributed by atoms with Gasteiger partial charge in [-0.15, -0.1) is 0 Å². The molecular weight excluding hydrogens is 282 g/mol. The van der Waals surface area contributed by atoms with Gasteiger partial charge in [-0.3, -0.25) is 4.79 Å². The fourth-order valence-electron chi connectivity index (χ4n) is 2.46. The second kappa shape index (κ2) is 5.32. The van der Waals surface area contributed by atoms with Crippen molar-refractivity contribution in [3.63, 3.8) is 0 Å². The number of esters is 1. The van der Waals surface area contributed by atoms with Gasteiger partial charge in [-0.2, -0.15) is 0 Å². The lowest BCUT2D eigenvalue weighted by Gasteiger charge is -2.23. The average molecular weight is 298 g/mol. The van der Waals surface area contributed by atoms with Gasteiger partial charge in [0.05, 0.1) is 14.2 Å². The van der Waals surface area contributed by atoms with Crippen LogP contribution in [0.25, 0.3) is 0 Å². The second-order valence-electron chi connectivity index (χ2n) is 4.71. The van der Waals surface area contributed by atoms with Gasteiger partial charge in [0.1, 0.15) is 5.75 Å². The molecule has 1 saturated heterocycles. The highest BCUT2D eigenvalue weighted by molar-refractivity contribution is 6.46. The Balaban J connectivity index is 2.42. The van der Waals surface area contributed by atoms with Crippen LogP contribution >= 0.6 is 11.6 Å². The van der Waals surface area contributed by atoms with E-state index in [1.54, 1.807) is 38.4 Å². The molecule has 1 aromatic rings. The predicted molar refractivity (Wildman–Crippen MR) is 74.0 cm³/mol. The molecule has 0 saturated carbocycles. The van der Waals surface area contributed by atoms with Crippen molar-refractivity contribution in [2.75, 3.05) is 27.8 Å². The Morgan fingerprint density at radius 2 is 1.95 bits per heavy atom. The molecule has 0 N–H and O–H groups in total. The van der Waals surface area contributed by atoms with Crippen LogP contribution in [0.4, 0.5) is 0 Å². The fourth-order valence-corrected chi connectivity index (χ4v) is 2.88. The number of hydrogen-bond acceptors (Lipinski definition) is 4. The summed E-state index contributed by atoms with van der Waals surface area (Å²) in [4.78, 5) is 23.9. The minimum Gasteiger partial charge on any atom is -0.497 e. The maximum Gasteiger partial charge on any atom is 0.337 e. The molecule has 1 aliphatic rings. The summed E-state index contributed by atoms with van der Waals surface area (Å²) < 4.78 is 9.80. The molecule has 2 rings (SSSR count). The third kappa shape index (κ3) is 2.12. The van der Waals surface area contributed by atoms with E-state index >= 15 is 0 Å². The minimum absolute atomic E-state index is 0.365. The van der Waals surface area contributed by atoms with Crippen LogP contribution in [0.3, 0.4) is 0 Å². The van der Waals surface area contributed by atoms with Gasteiger partial charge in [0.25, 0.3) is 5.91 Å². The summed E-state index contributed by atoms with van der Waals surface area (Å²) in [6.45, 7) is 0.365. The lowest BCUT2D eigenvalue weighted by molar-refractivity contribution is -0.148. The summed E-state index contributed by atoms with van der Waals surface area (Å²) in [6.07, 6.45) is 0. The Bertz CT molecular complexity index is 530. The number of hydrogen-bond donors (Lipinski definition) is 0. The van der Waals surface area contributed by atoms with Crippen molar-refractivity contribution < 1.29 is 19.1 Å². The number of carbonyl (C=O) groups excluding carboxylic acids is 2. The van der Waals surface area contributed by atoms with E-state index in [0.717, 1.165) is 5.56 Å². The first-order valence-corrected chi connectivity index (χ1v) is 6.49. The number of nitrogens with zero attached hydrogens (tertiary/aromatic N) is 1. The molecule has 6 heteroatoms. The standard InChI is InChI=1S/C14H16ClNO4/c1-16-8-11(9-4-6-10(19-2)7-5-9)14(15,12(16)17)13(18)20-3/h4-7,11H,8H2,1-3H3/t11-,14?/m1/s1. The molecule has 2 atom stereocenters. The monoisotopic (exact) mass is 297 g/mol. The van der Waals surface area contributed by atoms with Crippen LogP contribution in [0.5, 0.6) is 5.75 Å². The SMILES string of the molecule is COC(=O)C1(Cl)C(=O)N(C)C[C@@H]1c1ccc(OC)cc1. The first-order chi connectivity index (χ1) is 9.44. The van der Waals surface area contributed by atoms with Crippen molar-refractivity contribution in [2.45, 2.75) is 10.8 Å². The zero-order chi connectivity index (χ0) is 14.9. The number of likely N-dealkylation sites (tertiary alicyclic amines) is 1. The number of methoxy groups -OCH3 is 2. The molecule has 0 spiro atoms. The molecule has 0 bridgehead atoms. The lowest BCUT2D eigenvalue weighted by Crippen LogP contribution is -2.45. The van der Waals surface area contributed by atoms with Crippen LogP contribution in [-0.4, -0.2) is 49.5 Å². The van der Waals surface area contributed by atoms with Crippen molar-refractivity contribution in [1.29, 1.82) is 0 Å². The van der Waals surface area contributed by atoms with E-state index in [4.69, 9.17) is 21.1 Å². The first kappa shape index (κ1) is 14.7. The van der Waals surface area contributed by atoms with Gasteiger partial charge in [0.15, 0.2) is 0 Å². The van der Waals surface area contributed by atoms with Gasteiger partial charge in [0.2, 0.25) is 4.87 Å². The summed E-state index contributed by atoms with van der Waals surface area (Å²) in [6, 6.07) is 7.14. The quantitative estimate of drug-likeness (QED) is 0.481. The molecule has 1 unspecified atom stereocenters. The Morgan fingerprint density at radius 1 is 1.35 bits per heavy atom. The van der Waals surface area contributed by atoms with Crippen molar-refractivity contribution in [2.24, 2.45) is 0 Å². The largest absolute Gasteiger partial charge is 0.497 e. The maximum absolute atomic E-state index is 12.2. The molecule has 0 radical (unpaired) electrons. The lowest BCUT2D eigenvalue weighted by atomic mass is 9.87. The van der Waals surface area contributed by atoms with Crippen LogP contribution in [0.2, 0.25) is 0 Å². The Kier molecular flexibility index (Phi) is 3.90. The van der Waals surface area contributed by atoms with Crippen LogP contribution in [-0.2, 0) is 14.3 Å². The highest BCUT2D eigenvalue weighted by Crippen LogP contribution is 2.42. The van der Waals surface area contributed by atoms with E-state index in [1.807, 2.05) is 0 Å². The third-order valence-electron chi connectivity index (χ3n) is 3.60. The van der Waals surface area contributed by atoms with E-state index in [9.17, 15) is 9.59 Å². The van der Waals surface area contributed by atoms with Gasteiger partial charge in [-0.1, -0.05) is 23.7 Å². The minimum atomic E-state index is -1.70. The Morgan fingerprint density at radius 3 is 2.45 bits per heavy atom. The van der Waals surface area contributed by atoms with E-state index in [-0.39, 0.29) is 0 Å². The highest BCUT2D eigenvalue weighted by Gasteiger charge is 2.59. The summed E-state index contributed by atoms with van der Waals surface area (Å²) >= 11 is 6.34. The summed E-state index contributed by atoms with van der Waals surface area (Å²) in [5.41, 5.74) is 0.795. The zero-order valence-electron chi connectivity index (χ0n) is 11.6. The molecule has 0 aliphatic carbocycles. The van der Waals surface area contributed by atoms with Gasteiger partial charge < -0.3 is 14.4 Å². The molecule has 0 aromatic heterocycles. The van der Waals surface area contributed by atoms with Crippen LogP contribution in [0, 0.1) is 0 Å². The molecule has 1 aliphatic heterocycles. The molecule has 20 heavy (non-hydrogen) atoms. The molecule has 1 heterocycles. The van der Waals surface area contributed by atoms with Crippen molar-refractivity contribution in [3.8, 4) is 5.75 Å². The molecule has 1 fully saturated rings. The van der Waals surface area contributed by atoms with E-state index in [2.05, 4.69) is 0 Å². The first-order valence-electron chi connectivity index (χ1n) is 6.12. The van der Waals surface area contributed by atoms with Crippen LogP contribution in [0.1, 0.15) is 11.5 Å². The number of halogens is 1. The topological polar surface area (TPSA) is 55.8 Å². The number of benzene rings is 1. The van der Waals surface area contributed by atoms with Crippen molar-refractivity contribution in [1.82, 2.24) is 4.90 Å². The number of alkyl halides is 1. The normalized spacial score (nSPS) is 25.7. The van der Waals surface area contributed by atoms with Crippen LogP contribution < -0.4 is 4.74 Å². The van der Waals surface area contributed by atoms with Gasteiger partial charge in [-0.25, -0.2) is 4.79 Å². The maximum atomic E-state index is 12.2. The Hall–Kier alpha value is -1.75. The molecule has 108 valence electrons. The number of amides is 1. The molecular formula is C14H16ClNO4. The zero-order valence-corrected chi connectivity index (χ0v) is 12.3. The molecule has 5 nitrogen and oxygen atoms in total. The van der Waals surface area contributed by atoms with Crippen molar-refractivity contribution >= 4 is 23.5 Å². The van der Waals surface area contributed by atoms with Crippen LogP contribution in [0.15, 0.2) is 24.3 Å². The summed E-state index contributed by atoms with van der Waals surface area (Å²) in [5, 5.41) is 0. The van der Waals surface area contributed by atoms with Gasteiger partial charge in [0, 0.05) is 19.5 Å². The highest BCUT2D eigenvalue weighted by atomic mass is 35.5. The summed E-state index contributed by atoms with van der Waals surface area (Å²) in [7, 11) is 4.41. The number of ether oxygens (including phenoxy) is 2. The van der Waals surface area contributed by atoms with Gasteiger partial charge in [-0.05, 0) is 17.7 Å². The second-order valence-corrected chi connectivity index (χ2v) is 5.31. The molecule has 1 aromatic carbocycles. The van der Waals surface area contributed by atoms with E-state index < -0.39 is 22.7 Å². The smallest absolute Gasteiger partial charge is 0.337 e. The Labute approximate surface area is 122 Å². The number of likely N-dealkylation sites (N-methyl/N-ethyl adjacent to an activating group) is 1. The third-order valence-corrected chi connectivity index (χ3v) is 4.17. The number of carbonyl (C=O) groups is 2. The predicted octanol–water partition coefficient (Wildman–Crippen LogP) is 1.40. The van der Waals surface area contributed by atoms with Crippen molar-refractivity contribution in [3.05, 3.63) is 29.8 Å².